The lowest BCUT2D eigenvalue weighted by molar-refractivity contribution is -0.136. The molecule has 7 heteroatoms. The fourth-order valence-corrected chi connectivity index (χ4v) is 2.42. The Balaban J connectivity index is 2.54. The minimum atomic E-state index is -1.09. The number of rotatable bonds is 3. The molecule has 0 atom stereocenters. The van der Waals surface area contributed by atoms with E-state index in [1.165, 1.54) is 24.3 Å². The van der Waals surface area contributed by atoms with Gasteiger partial charge in [-0.05, 0) is 24.3 Å². The van der Waals surface area contributed by atoms with Crippen LogP contribution in [0.15, 0.2) is 24.3 Å². The molecular weight excluding hydrogens is 328 g/mol. The second-order valence-electron chi connectivity index (χ2n) is 3.93. The summed E-state index contributed by atoms with van der Waals surface area (Å²) in [5.74, 6) is -1.95. The number of hydrogen-bond acceptors (Lipinski definition) is 2. The number of hydrogen-bond donors (Lipinski definition) is 1. The number of carbonyl (C=O) groups is 1. The van der Waals surface area contributed by atoms with Crippen LogP contribution in [0, 0.1) is 5.95 Å². The van der Waals surface area contributed by atoms with Gasteiger partial charge in [0.25, 0.3) is 0 Å². The average molecular weight is 335 g/mol. The number of carboxylic acid groups (broad SMARTS) is 1. The number of nitrogens with zero attached hydrogens (tertiary/aromatic N) is 1. The molecule has 0 aliphatic heterocycles. The molecule has 0 aliphatic rings. The second kappa shape index (κ2) is 5.95. The largest absolute Gasteiger partial charge is 0.481 e. The van der Waals surface area contributed by atoms with E-state index in [0.717, 1.165) is 0 Å². The Bertz CT molecular complexity index is 692. The molecule has 104 valence electrons. The normalized spacial score (nSPS) is 10.6. The third kappa shape index (κ3) is 3.03. The highest BCUT2D eigenvalue weighted by Crippen LogP contribution is 2.39. The summed E-state index contributed by atoms with van der Waals surface area (Å²) in [6.45, 7) is 0. The maximum Gasteiger partial charge on any atom is 0.309 e. The van der Waals surface area contributed by atoms with E-state index in [-0.39, 0.29) is 38.3 Å². The fourth-order valence-electron chi connectivity index (χ4n) is 1.69. The van der Waals surface area contributed by atoms with Crippen LogP contribution in [-0.2, 0) is 11.2 Å². The Labute approximate surface area is 128 Å². The van der Waals surface area contributed by atoms with Crippen LogP contribution in [-0.4, -0.2) is 16.1 Å². The van der Waals surface area contributed by atoms with Gasteiger partial charge in [-0.3, -0.25) is 4.79 Å². The van der Waals surface area contributed by atoms with Crippen LogP contribution >= 0.6 is 34.8 Å². The van der Waals surface area contributed by atoms with Crippen molar-refractivity contribution in [2.24, 2.45) is 0 Å². The fraction of sp³-hybridized carbons (Fsp3) is 0.0769. The summed E-state index contributed by atoms with van der Waals surface area (Å²) in [5, 5.41) is 9.23. The summed E-state index contributed by atoms with van der Waals surface area (Å²) in [6.07, 6.45) is -0.367. The quantitative estimate of drug-likeness (QED) is 0.665. The summed E-state index contributed by atoms with van der Waals surface area (Å²) in [6, 6.07) is 5.78. The van der Waals surface area contributed by atoms with E-state index in [1.807, 2.05) is 0 Å². The Morgan fingerprint density at radius 2 is 1.80 bits per heavy atom. The first-order valence-electron chi connectivity index (χ1n) is 5.41. The molecule has 1 aromatic heterocycles. The van der Waals surface area contributed by atoms with Crippen molar-refractivity contribution in [2.45, 2.75) is 6.42 Å². The molecule has 0 spiro atoms. The van der Waals surface area contributed by atoms with Crippen LogP contribution in [0.1, 0.15) is 5.69 Å². The van der Waals surface area contributed by atoms with Gasteiger partial charge in [0.2, 0.25) is 5.95 Å². The van der Waals surface area contributed by atoms with Crippen molar-refractivity contribution in [3.05, 3.63) is 51.0 Å². The molecule has 0 radical (unpaired) electrons. The Morgan fingerprint density at radius 1 is 1.15 bits per heavy atom. The molecule has 0 bridgehead atoms. The topological polar surface area (TPSA) is 50.2 Å². The zero-order valence-electron chi connectivity index (χ0n) is 9.83. The summed E-state index contributed by atoms with van der Waals surface area (Å²) in [5.41, 5.74) is 0.400. The van der Waals surface area contributed by atoms with E-state index >= 15 is 0 Å². The second-order valence-corrected chi connectivity index (χ2v) is 5.12. The van der Waals surface area contributed by atoms with Gasteiger partial charge >= 0.3 is 5.97 Å². The van der Waals surface area contributed by atoms with Crippen molar-refractivity contribution in [1.29, 1.82) is 0 Å². The molecule has 2 aromatic rings. The average Bonchev–Trinajstić information content (AvgIpc) is 2.36. The van der Waals surface area contributed by atoms with Gasteiger partial charge in [0, 0.05) is 11.1 Å². The molecule has 0 unspecified atom stereocenters. The molecule has 0 fully saturated rings. The lowest BCUT2D eigenvalue weighted by Gasteiger charge is -2.10. The number of carboxylic acids is 1. The summed E-state index contributed by atoms with van der Waals surface area (Å²) in [4.78, 5) is 14.2. The van der Waals surface area contributed by atoms with E-state index in [9.17, 15) is 9.18 Å². The van der Waals surface area contributed by atoms with Gasteiger partial charge in [-0.25, -0.2) is 4.98 Å². The molecule has 2 rings (SSSR count). The van der Waals surface area contributed by atoms with Gasteiger partial charge in [0.15, 0.2) is 0 Å². The van der Waals surface area contributed by atoms with Crippen molar-refractivity contribution in [1.82, 2.24) is 4.98 Å². The van der Waals surface area contributed by atoms with E-state index in [1.54, 1.807) is 0 Å². The predicted octanol–water partition coefficient (Wildman–Crippen LogP) is 4.48. The van der Waals surface area contributed by atoms with Crippen LogP contribution in [0.2, 0.25) is 15.1 Å². The third-order valence-corrected chi connectivity index (χ3v) is 3.67. The molecule has 1 aromatic carbocycles. The lowest BCUT2D eigenvalue weighted by Crippen LogP contribution is -2.04. The highest BCUT2D eigenvalue weighted by molar-refractivity contribution is 6.46. The van der Waals surface area contributed by atoms with Crippen molar-refractivity contribution in [3.8, 4) is 11.1 Å². The number of aliphatic carboxylic acids is 1. The Kier molecular flexibility index (Phi) is 4.48. The number of halogens is 4. The third-order valence-electron chi connectivity index (χ3n) is 2.55. The molecule has 1 N–H and O–H groups in total. The van der Waals surface area contributed by atoms with Crippen LogP contribution < -0.4 is 0 Å². The minimum absolute atomic E-state index is 0.0663. The van der Waals surface area contributed by atoms with Gasteiger partial charge in [-0.2, -0.15) is 4.39 Å². The highest BCUT2D eigenvalue weighted by atomic mass is 35.5. The predicted molar refractivity (Wildman–Crippen MR) is 76.0 cm³/mol. The minimum Gasteiger partial charge on any atom is -0.481 e. The van der Waals surface area contributed by atoms with Gasteiger partial charge in [0.1, 0.15) is 0 Å². The first kappa shape index (κ1) is 15.0. The molecule has 3 nitrogen and oxygen atoms in total. The van der Waals surface area contributed by atoms with E-state index in [4.69, 9.17) is 39.9 Å². The van der Waals surface area contributed by atoms with Crippen LogP contribution in [0.4, 0.5) is 4.39 Å². The molecule has 0 saturated carbocycles. The highest BCUT2D eigenvalue weighted by Gasteiger charge is 2.17. The summed E-state index contributed by atoms with van der Waals surface area (Å²) < 4.78 is 14.0. The molecule has 0 aliphatic carbocycles. The molecule has 20 heavy (non-hydrogen) atoms. The first-order chi connectivity index (χ1) is 9.40. The molecular formula is C13H7Cl3FNO2. The van der Waals surface area contributed by atoms with Crippen molar-refractivity contribution in [3.63, 3.8) is 0 Å². The van der Waals surface area contributed by atoms with Gasteiger partial charge in [-0.15, -0.1) is 0 Å². The standard InChI is InChI=1S/C13H7Cl3FNO2/c14-8-3-4-9(15)12(16)11(8)7-2-1-6(5-10(19)20)18-13(7)17/h1-4H,5H2,(H,19,20). The summed E-state index contributed by atoms with van der Waals surface area (Å²) in [7, 11) is 0. The monoisotopic (exact) mass is 333 g/mol. The maximum atomic E-state index is 14.0. The number of aromatic nitrogens is 1. The zero-order chi connectivity index (χ0) is 14.9. The summed E-state index contributed by atoms with van der Waals surface area (Å²) >= 11 is 17.9. The van der Waals surface area contributed by atoms with E-state index in [2.05, 4.69) is 4.98 Å². The van der Waals surface area contributed by atoms with E-state index in [0.29, 0.717) is 0 Å². The molecule has 1 heterocycles. The zero-order valence-corrected chi connectivity index (χ0v) is 12.1. The van der Waals surface area contributed by atoms with Crippen molar-refractivity contribution >= 4 is 40.8 Å². The van der Waals surface area contributed by atoms with Gasteiger partial charge < -0.3 is 5.11 Å². The molecule has 0 amide bonds. The van der Waals surface area contributed by atoms with Crippen molar-refractivity contribution < 1.29 is 14.3 Å². The van der Waals surface area contributed by atoms with Gasteiger partial charge in [0.05, 0.1) is 27.2 Å². The van der Waals surface area contributed by atoms with Crippen molar-refractivity contribution in [2.75, 3.05) is 0 Å². The Hall–Kier alpha value is -1.36. The SMILES string of the molecule is O=C(O)Cc1ccc(-c2c(Cl)ccc(Cl)c2Cl)c(F)n1. The number of benzene rings is 1. The van der Waals surface area contributed by atoms with Crippen LogP contribution in [0.3, 0.4) is 0 Å². The Morgan fingerprint density at radius 3 is 2.40 bits per heavy atom. The maximum absolute atomic E-state index is 14.0. The van der Waals surface area contributed by atoms with Gasteiger partial charge in [-0.1, -0.05) is 34.8 Å². The number of pyridine rings is 1. The smallest absolute Gasteiger partial charge is 0.309 e. The van der Waals surface area contributed by atoms with E-state index < -0.39 is 11.9 Å². The van der Waals surface area contributed by atoms with Crippen LogP contribution in [0.5, 0.6) is 0 Å². The molecule has 0 saturated heterocycles. The lowest BCUT2D eigenvalue weighted by atomic mass is 10.1. The van der Waals surface area contributed by atoms with Crippen LogP contribution in [0.25, 0.3) is 11.1 Å². The first-order valence-corrected chi connectivity index (χ1v) is 6.54.